The molecule has 0 bridgehead atoms. The lowest BCUT2D eigenvalue weighted by atomic mass is 10.2. The molecule has 1 amide bonds. The number of methoxy groups -OCH3 is 1. The summed E-state index contributed by atoms with van der Waals surface area (Å²) in [4.78, 5) is 25.7. The summed E-state index contributed by atoms with van der Waals surface area (Å²) in [6, 6.07) is 1.90. The van der Waals surface area contributed by atoms with Gasteiger partial charge in [-0.25, -0.2) is 4.98 Å². The number of carbonyl (C=O) groups excluding carboxylic acids is 1. The highest BCUT2D eigenvalue weighted by Crippen LogP contribution is 2.30. The van der Waals surface area contributed by atoms with Gasteiger partial charge >= 0.3 is 0 Å². The van der Waals surface area contributed by atoms with Gasteiger partial charge in [-0.1, -0.05) is 6.08 Å². The van der Waals surface area contributed by atoms with Crippen molar-refractivity contribution >= 4 is 17.2 Å². The highest BCUT2D eigenvalue weighted by atomic mass is 32.1. The Morgan fingerprint density at radius 1 is 1.39 bits per heavy atom. The Labute approximate surface area is 168 Å². The lowest BCUT2D eigenvalue weighted by molar-refractivity contribution is 0.0957. The molecule has 3 heterocycles. The zero-order valence-electron chi connectivity index (χ0n) is 16.0. The number of amides is 1. The predicted molar refractivity (Wildman–Crippen MR) is 110 cm³/mol. The Morgan fingerprint density at radius 2 is 2.25 bits per heavy atom. The topological polar surface area (TPSA) is 81.9 Å². The minimum absolute atomic E-state index is 0.117. The molecule has 0 unspecified atom stereocenters. The molecule has 0 radical (unpaired) electrons. The molecule has 0 aromatic carbocycles. The number of hydrogen-bond acceptors (Lipinski definition) is 6. The molecule has 1 N–H and O–H groups in total. The molecule has 0 saturated carbocycles. The molecular weight excluding hydrogens is 374 g/mol. The molecule has 146 valence electrons. The summed E-state index contributed by atoms with van der Waals surface area (Å²) in [5, 5.41) is 5.63. The first-order valence-electron chi connectivity index (χ1n) is 8.96. The minimum Gasteiger partial charge on any atom is -0.385 e. The average molecular weight is 398 g/mol. The number of aromatic nitrogens is 4. The normalized spacial score (nSPS) is 10.8. The van der Waals surface area contributed by atoms with Crippen LogP contribution in [0, 0.1) is 6.92 Å². The Balaban J connectivity index is 1.97. The Morgan fingerprint density at radius 3 is 2.96 bits per heavy atom. The molecule has 0 aliphatic carbocycles. The van der Waals surface area contributed by atoms with Crippen LogP contribution in [0.25, 0.3) is 22.1 Å². The van der Waals surface area contributed by atoms with Crippen LogP contribution in [0.3, 0.4) is 0 Å². The third-order valence-corrected chi connectivity index (χ3v) is 5.16. The number of nitrogens with zero attached hydrogens (tertiary/aromatic N) is 4. The van der Waals surface area contributed by atoms with E-state index in [0.717, 1.165) is 40.7 Å². The molecule has 0 aliphatic rings. The van der Waals surface area contributed by atoms with E-state index < -0.39 is 0 Å². The molecule has 0 fully saturated rings. The van der Waals surface area contributed by atoms with Gasteiger partial charge in [0, 0.05) is 50.3 Å². The smallest absolute Gasteiger partial charge is 0.253 e. The van der Waals surface area contributed by atoms with Gasteiger partial charge in [0.2, 0.25) is 0 Å². The lowest BCUT2D eigenvalue weighted by Gasteiger charge is -2.10. The van der Waals surface area contributed by atoms with E-state index in [1.807, 2.05) is 18.4 Å². The quantitative estimate of drug-likeness (QED) is 0.442. The van der Waals surface area contributed by atoms with Crippen molar-refractivity contribution in [3.63, 3.8) is 0 Å². The maximum Gasteiger partial charge on any atom is 0.253 e. The molecule has 0 aliphatic heterocycles. The van der Waals surface area contributed by atoms with E-state index in [9.17, 15) is 4.79 Å². The third kappa shape index (κ3) is 4.35. The van der Waals surface area contributed by atoms with Crippen LogP contribution >= 0.6 is 11.3 Å². The molecule has 0 spiro atoms. The van der Waals surface area contributed by atoms with E-state index in [1.165, 1.54) is 11.3 Å². The lowest BCUT2D eigenvalue weighted by Crippen LogP contribution is -2.23. The van der Waals surface area contributed by atoms with Gasteiger partial charge in [-0.15, -0.1) is 17.9 Å². The molecule has 3 aromatic heterocycles. The highest BCUT2D eigenvalue weighted by Gasteiger charge is 2.20. The first-order valence-corrected chi connectivity index (χ1v) is 9.84. The summed E-state index contributed by atoms with van der Waals surface area (Å²) in [6.07, 6.45) is 7.48. The second-order valence-corrected chi connectivity index (χ2v) is 7.01. The number of rotatable bonds is 9. The van der Waals surface area contributed by atoms with E-state index in [4.69, 9.17) is 9.72 Å². The van der Waals surface area contributed by atoms with Crippen LogP contribution in [-0.2, 0) is 11.3 Å². The fraction of sp³-hybridized carbons (Fsp3) is 0.300. The number of thiazole rings is 1. The van der Waals surface area contributed by atoms with E-state index in [2.05, 4.69) is 26.4 Å². The first kappa shape index (κ1) is 19.9. The van der Waals surface area contributed by atoms with Gasteiger partial charge in [-0.2, -0.15) is 0 Å². The maximum absolute atomic E-state index is 12.5. The predicted octanol–water partition coefficient (Wildman–Crippen LogP) is 3.33. The van der Waals surface area contributed by atoms with Crippen LogP contribution in [0.2, 0.25) is 0 Å². The molecule has 7 nitrogen and oxygen atoms in total. The zero-order chi connectivity index (χ0) is 19.9. The highest BCUT2D eigenvalue weighted by molar-refractivity contribution is 7.13. The first-order chi connectivity index (χ1) is 13.7. The summed E-state index contributed by atoms with van der Waals surface area (Å²) in [7, 11) is 1.69. The Bertz CT molecular complexity index is 949. The summed E-state index contributed by atoms with van der Waals surface area (Å²) < 4.78 is 7.31. The minimum atomic E-state index is -0.117. The monoisotopic (exact) mass is 397 g/mol. The van der Waals surface area contributed by atoms with Crippen molar-refractivity contribution in [1.82, 2.24) is 24.8 Å². The van der Waals surface area contributed by atoms with Crippen LogP contribution in [0.15, 0.2) is 42.7 Å². The SMILES string of the molecule is C=CCNC(=O)c1cc(-c2csc(-c3cnccn3)n2)n(CCCOC)c1C. The van der Waals surface area contributed by atoms with E-state index in [0.29, 0.717) is 18.7 Å². The molecular formula is C20H23N5O2S. The zero-order valence-corrected chi connectivity index (χ0v) is 16.8. The van der Waals surface area contributed by atoms with Crippen molar-refractivity contribution in [2.75, 3.05) is 20.3 Å². The summed E-state index contributed by atoms with van der Waals surface area (Å²) in [5.41, 5.74) is 4.00. The van der Waals surface area contributed by atoms with Crippen LogP contribution < -0.4 is 5.32 Å². The number of nitrogens with one attached hydrogen (secondary N) is 1. The van der Waals surface area contributed by atoms with Crippen molar-refractivity contribution in [1.29, 1.82) is 0 Å². The van der Waals surface area contributed by atoms with Gasteiger partial charge in [0.05, 0.1) is 23.1 Å². The third-order valence-electron chi connectivity index (χ3n) is 4.30. The number of carbonyl (C=O) groups is 1. The van der Waals surface area contributed by atoms with Crippen LogP contribution in [0.5, 0.6) is 0 Å². The maximum atomic E-state index is 12.5. The fourth-order valence-corrected chi connectivity index (χ4v) is 3.69. The largest absolute Gasteiger partial charge is 0.385 e. The van der Waals surface area contributed by atoms with Crippen LogP contribution in [0.4, 0.5) is 0 Å². The van der Waals surface area contributed by atoms with Gasteiger partial charge in [0.1, 0.15) is 10.7 Å². The van der Waals surface area contributed by atoms with Crippen molar-refractivity contribution in [3.05, 3.63) is 53.9 Å². The summed E-state index contributed by atoms with van der Waals surface area (Å²) >= 11 is 1.51. The molecule has 0 saturated heterocycles. The van der Waals surface area contributed by atoms with Gasteiger partial charge in [-0.05, 0) is 19.4 Å². The standard InChI is InChI=1S/C20H23N5O2S/c1-4-6-23-19(26)15-11-18(25(14(15)2)9-5-10-27-3)17-13-28-20(24-17)16-12-21-7-8-22-16/h4,7-8,11-13H,1,5-6,9-10H2,2-3H3,(H,23,26). The van der Waals surface area contributed by atoms with Gasteiger partial charge in [-0.3, -0.25) is 14.8 Å². The molecule has 8 heteroatoms. The second-order valence-electron chi connectivity index (χ2n) is 6.15. The van der Waals surface area contributed by atoms with E-state index in [-0.39, 0.29) is 5.91 Å². The number of hydrogen-bond donors (Lipinski definition) is 1. The van der Waals surface area contributed by atoms with Crippen molar-refractivity contribution in [2.45, 2.75) is 19.9 Å². The van der Waals surface area contributed by atoms with E-state index in [1.54, 1.807) is 31.8 Å². The van der Waals surface area contributed by atoms with Gasteiger partial charge in [0.25, 0.3) is 5.91 Å². The van der Waals surface area contributed by atoms with Gasteiger partial charge < -0.3 is 14.6 Å². The molecule has 28 heavy (non-hydrogen) atoms. The average Bonchev–Trinajstić information content (AvgIpc) is 3.32. The fourth-order valence-electron chi connectivity index (χ4n) is 2.92. The van der Waals surface area contributed by atoms with Crippen molar-refractivity contribution in [3.8, 4) is 22.1 Å². The second kappa shape index (κ2) is 9.38. The van der Waals surface area contributed by atoms with Crippen molar-refractivity contribution in [2.24, 2.45) is 0 Å². The Kier molecular flexibility index (Phi) is 6.67. The van der Waals surface area contributed by atoms with E-state index >= 15 is 0 Å². The molecule has 3 aromatic rings. The van der Waals surface area contributed by atoms with Crippen LogP contribution in [0.1, 0.15) is 22.5 Å². The summed E-state index contributed by atoms with van der Waals surface area (Å²) in [6.45, 7) is 7.41. The molecule has 0 atom stereocenters. The number of ether oxygens (including phenoxy) is 1. The van der Waals surface area contributed by atoms with Crippen molar-refractivity contribution < 1.29 is 9.53 Å². The Hall–Kier alpha value is -2.84. The molecule has 3 rings (SSSR count). The van der Waals surface area contributed by atoms with Crippen LogP contribution in [-0.4, -0.2) is 45.7 Å². The van der Waals surface area contributed by atoms with Gasteiger partial charge in [0.15, 0.2) is 0 Å². The summed E-state index contributed by atoms with van der Waals surface area (Å²) in [5.74, 6) is -0.117.